The van der Waals surface area contributed by atoms with E-state index >= 15 is 0 Å². The maximum Gasteiger partial charge on any atom is 0.270 e. The minimum absolute atomic E-state index is 0.286. The zero-order valence-electron chi connectivity index (χ0n) is 11.4. The van der Waals surface area contributed by atoms with Crippen molar-refractivity contribution >= 4 is 23.8 Å². The first-order valence-electron chi connectivity index (χ1n) is 6.40. The zero-order valence-corrected chi connectivity index (χ0v) is 12.2. The van der Waals surface area contributed by atoms with E-state index in [2.05, 4.69) is 20.6 Å². The molecule has 4 N–H and O–H groups in total. The number of nitrogens with two attached hydrogens (primary N) is 1. The SMILES string of the molecule is Nc1ccc(-c2n[nH]c(=S)n2NC(=O)c2ccncc2)cc1. The Balaban J connectivity index is 1.95. The highest BCUT2D eigenvalue weighted by Gasteiger charge is 2.12. The van der Waals surface area contributed by atoms with Gasteiger partial charge < -0.3 is 5.73 Å². The standard InChI is InChI=1S/C14H12N6OS/c15-11-3-1-9(2-4-11)12-17-18-14(22)20(12)19-13(21)10-5-7-16-8-6-10/h1-8H,15H2,(H,18,22)(H,19,21). The lowest BCUT2D eigenvalue weighted by Gasteiger charge is -2.08. The predicted molar refractivity (Wildman–Crippen MR) is 85.2 cm³/mol. The van der Waals surface area contributed by atoms with Crippen molar-refractivity contribution in [2.75, 3.05) is 11.2 Å². The number of nitrogens with one attached hydrogen (secondary N) is 2. The number of hydrogen-bond donors (Lipinski definition) is 3. The van der Waals surface area contributed by atoms with E-state index in [1.54, 1.807) is 48.8 Å². The number of carbonyl (C=O) groups excluding carboxylic acids is 1. The van der Waals surface area contributed by atoms with Crippen LogP contribution in [0.3, 0.4) is 0 Å². The molecule has 1 amide bonds. The summed E-state index contributed by atoms with van der Waals surface area (Å²) in [5.41, 5.74) is 10.3. The van der Waals surface area contributed by atoms with Crippen LogP contribution in [0.25, 0.3) is 11.4 Å². The second kappa shape index (κ2) is 5.78. The highest BCUT2D eigenvalue weighted by Crippen LogP contribution is 2.18. The van der Waals surface area contributed by atoms with Gasteiger partial charge in [0, 0.05) is 29.2 Å². The first-order chi connectivity index (χ1) is 10.6. The van der Waals surface area contributed by atoms with Gasteiger partial charge in [0.05, 0.1) is 0 Å². The molecule has 0 radical (unpaired) electrons. The Hall–Kier alpha value is -3.00. The number of amides is 1. The monoisotopic (exact) mass is 312 g/mol. The number of aromatic nitrogens is 4. The summed E-state index contributed by atoms with van der Waals surface area (Å²) in [6, 6.07) is 10.3. The van der Waals surface area contributed by atoms with Crippen molar-refractivity contribution in [2.24, 2.45) is 0 Å². The van der Waals surface area contributed by atoms with Crippen LogP contribution in [0.15, 0.2) is 48.8 Å². The van der Waals surface area contributed by atoms with Crippen LogP contribution in [0.5, 0.6) is 0 Å². The van der Waals surface area contributed by atoms with Crippen LogP contribution in [0.4, 0.5) is 5.69 Å². The predicted octanol–water partition coefficient (Wildman–Crippen LogP) is 1.97. The molecule has 1 aromatic carbocycles. The topological polar surface area (TPSA) is 102 Å². The quantitative estimate of drug-likeness (QED) is 0.507. The lowest BCUT2D eigenvalue weighted by Crippen LogP contribution is -2.23. The summed E-state index contributed by atoms with van der Waals surface area (Å²) in [4.78, 5) is 16.1. The average Bonchev–Trinajstić information content (AvgIpc) is 2.90. The average molecular weight is 312 g/mol. The van der Waals surface area contributed by atoms with E-state index in [4.69, 9.17) is 18.0 Å². The Bertz CT molecular complexity index is 853. The minimum Gasteiger partial charge on any atom is -0.399 e. The van der Waals surface area contributed by atoms with Crippen molar-refractivity contribution in [3.63, 3.8) is 0 Å². The van der Waals surface area contributed by atoms with Gasteiger partial charge in [-0.25, -0.2) is 9.77 Å². The summed E-state index contributed by atoms with van der Waals surface area (Å²) in [7, 11) is 0. The van der Waals surface area contributed by atoms with Gasteiger partial charge in [0.2, 0.25) is 4.77 Å². The fourth-order valence-corrected chi connectivity index (χ4v) is 2.07. The Morgan fingerprint density at radius 3 is 2.55 bits per heavy atom. The number of pyridine rings is 1. The lowest BCUT2D eigenvalue weighted by atomic mass is 10.2. The highest BCUT2D eigenvalue weighted by atomic mass is 32.1. The third kappa shape index (κ3) is 2.72. The maximum atomic E-state index is 12.2. The Labute approximate surface area is 130 Å². The second-order valence-corrected chi connectivity index (χ2v) is 4.87. The van der Waals surface area contributed by atoms with Crippen molar-refractivity contribution in [3.8, 4) is 11.4 Å². The molecule has 7 nitrogen and oxygen atoms in total. The summed E-state index contributed by atoms with van der Waals surface area (Å²) in [6.45, 7) is 0. The van der Waals surface area contributed by atoms with E-state index in [1.165, 1.54) is 4.68 Å². The van der Waals surface area contributed by atoms with Gasteiger partial charge in [0.1, 0.15) is 0 Å². The van der Waals surface area contributed by atoms with Crippen LogP contribution in [0.2, 0.25) is 0 Å². The van der Waals surface area contributed by atoms with Gasteiger partial charge in [-0.05, 0) is 48.6 Å². The summed E-state index contributed by atoms with van der Waals surface area (Å²) < 4.78 is 1.71. The first kappa shape index (κ1) is 14.0. The summed E-state index contributed by atoms with van der Waals surface area (Å²) in [5, 5.41) is 6.80. The minimum atomic E-state index is -0.309. The van der Waals surface area contributed by atoms with Gasteiger partial charge in [-0.15, -0.1) is 0 Å². The van der Waals surface area contributed by atoms with Crippen molar-refractivity contribution in [3.05, 3.63) is 59.1 Å². The Kier molecular flexibility index (Phi) is 3.67. The number of aromatic amines is 1. The molecular formula is C14H12N6OS. The molecule has 3 rings (SSSR count). The molecule has 0 saturated heterocycles. The number of nitrogens with zero attached hydrogens (tertiary/aromatic N) is 3. The van der Waals surface area contributed by atoms with E-state index in [0.29, 0.717) is 17.1 Å². The van der Waals surface area contributed by atoms with Crippen LogP contribution < -0.4 is 11.2 Å². The van der Waals surface area contributed by atoms with Gasteiger partial charge in [-0.1, -0.05) is 0 Å². The summed E-state index contributed by atoms with van der Waals surface area (Å²) in [5.74, 6) is 0.184. The maximum absolute atomic E-state index is 12.2. The first-order valence-corrected chi connectivity index (χ1v) is 6.80. The second-order valence-electron chi connectivity index (χ2n) is 4.49. The molecule has 0 aliphatic rings. The summed E-state index contributed by atoms with van der Waals surface area (Å²) >= 11 is 5.16. The van der Waals surface area contributed by atoms with E-state index in [0.717, 1.165) is 5.56 Å². The van der Waals surface area contributed by atoms with Crippen LogP contribution in [0, 0.1) is 4.77 Å². The van der Waals surface area contributed by atoms with Crippen LogP contribution >= 0.6 is 12.2 Å². The van der Waals surface area contributed by atoms with Crippen molar-refractivity contribution < 1.29 is 4.79 Å². The molecule has 0 aliphatic carbocycles. The normalized spacial score (nSPS) is 10.4. The third-order valence-electron chi connectivity index (χ3n) is 3.00. The van der Waals surface area contributed by atoms with Gasteiger partial charge in [0.25, 0.3) is 5.91 Å². The van der Waals surface area contributed by atoms with E-state index in [-0.39, 0.29) is 10.7 Å². The van der Waals surface area contributed by atoms with E-state index in [9.17, 15) is 4.79 Å². The fraction of sp³-hybridized carbons (Fsp3) is 0. The van der Waals surface area contributed by atoms with Gasteiger partial charge in [-0.3, -0.25) is 15.2 Å². The number of H-pyrrole nitrogens is 1. The molecular weight excluding hydrogens is 300 g/mol. The van der Waals surface area contributed by atoms with Crippen LogP contribution in [-0.4, -0.2) is 25.8 Å². The molecule has 22 heavy (non-hydrogen) atoms. The molecule has 0 spiro atoms. The largest absolute Gasteiger partial charge is 0.399 e. The van der Waals surface area contributed by atoms with Crippen molar-refractivity contribution in [1.29, 1.82) is 0 Å². The Morgan fingerprint density at radius 1 is 1.18 bits per heavy atom. The molecule has 110 valence electrons. The smallest absolute Gasteiger partial charge is 0.270 e. The molecule has 0 fully saturated rings. The number of nitrogen functional groups attached to an aromatic ring is 1. The molecule has 0 bridgehead atoms. The van der Waals surface area contributed by atoms with Gasteiger partial charge in [0.15, 0.2) is 5.82 Å². The fourth-order valence-electron chi connectivity index (χ4n) is 1.90. The van der Waals surface area contributed by atoms with Crippen molar-refractivity contribution in [1.82, 2.24) is 19.9 Å². The van der Waals surface area contributed by atoms with Gasteiger partial charge >= 0.3 is 0 Å². The number of rotatable bonds is 3. The van der Waals surface area contributed by atoms with Crippen LogP contribution in [0.1, 0.15) is 10.4 Å². The third-order valence-corrected chi connectivity index (χ3v) is 3.27. The van der Waals surface area contributed by atoms with E-state index in [1.807, 2.05) is 0 Å². The molecule has 3 aromatic rings. The molecule has 2 aromatic heterocycles. The number of benzene rings is 1. The molecule has 0 aliphatic heterocycles. The molecule has 0 unspecified atom stereocenters. The molecule has 0 saturated carbocycles. The number of hydrogen-bond acceptors (Lipinski definition) is 5. The Morgan fingerprint density at radius 2 is 1.86 bits per heavy atom. The molecule has 8 heteroatoms. The lowest BCUT2D eigenvalue weighted by molar-refractivity contribution is 0.101. The van der Waals surface area contributed by atoms with E-state index < -0.39 is 0 Å². The highest BCUT2D eigenvalue weighted by molar-refractivity contribution is 7.71. The zero-order chi connectivity index (χ0) is 15.5. The molecule has 0 atom stereocenters. The molecule has 2 heterocycles. The number of carbonyl (C=O) groups is 1. The van der Waals surface area contributed by atoms with Crippen LogP contribution in [-0.2, 0) is 0 Å². The summed E-state index contributed by atoms with van der Waals surface area (Å²) in [6.07, 6.45) is 3.09. The van der Waals surface area contributed by atoms with Gasteiger partial charge in [-0.2, -0.15) is 5.10 Å². The number of anilines is 1. The van der Waals surface area contributed by atoms with Crippen molar-refractivity contribution in [2.45, 2.75) is 0 Å².